The van der Waals surface area contributed by atoms with Gasteiger partial charge in [0.15, 0.2) is 5.16 Å². The molecule has 0 N–H and O–H groups in total. The Hall–Kier alpha value is -2.60. The molecule has 1 aliphatic heterocycles. The first kappa shape index (κ1) is 18.7. The summed E-state index contributed by atoms with van der Waals surface area (Å²) in [4.78, 5) is 14.6. The minimum atomic E-state index is 0.146. The second-order valence-electron chi connectivity index (χ2n) is 7.09. The molecular formula is C22H24N4OS. The molecule has 0 radical (unpaired) electrons. The van der Waals surface area contributed by atoms with Crippen LogP contribution in [-0.2, 0) is 12.3 Å². The van der Waals surface area contributed by atoms with Crippen molar-refractivity contribution >= 4 is 17.7 Å². The van der Waals surface area contributed by atoms with Crippen molar-refractivity contribution in [2.45, 2.75) is 37.2 Å². The molecule has 1 aliphatic rings. The lowest BCUT2D eigenvalue weighted by Gasteiger charge is -2.15. The van der Waals surface area contributed by atoms with Crippen molar-refractivity contribution < 1.29 is 4.79 Å². The van der Waals surface area contributed by atoms with Crippen molar-refractivity contribution in [1.29, 1.82) is 0 Å². The number of aryl methyl sites for hydroxylation is 1. The summed E-state index contributed by atoms with van der Waals surface area (Å²) in [6, 6.07) is 18.3. The van der Waals surface area contributed by atoms with Crippen LogP contribution in [0, 0.1) is 6.92 Å². The van der Waals surface area contributed by atoms with Gasteiger partial charge < -0.3 is 9.47 Å². The summed E-state index contributed by atoms with van der Waals surface area (Å²) >= 11 is 1.66. The molecule has 6 heteroatoms. The molecule has 0 bridgehead atoms. The number of amides is 1. The lowest BCUT2D eigenvalue weighted by molar-refractivity contribution is 0.0792. The number of nitrogens with zero attached hydrogens (tertiary/aromatic N) is 4. The van der Waals surface area contributed by atoms with E-state index in [0.29, 0.717) is 0 Å². The van der Waals surface area contributed by atoms with Gasteiger partial charge in [0.05, 0.1) is 6.54 Å². The number of hydrogen-bond donors (Lipinski definition) is 0. The smallest absolute Gasteiger partial charge is 0.253 e. The van der Waals surface area contributed by atoms with E-state index in [0.717, 1.165) is 60.3 Å². The number of thioether (sulfide) groups is 1. The number of carbonyl (C=O) groups excluding carboxylic acids is 1. The van der Waals surface area contributed by atoms with Crippen LogP contribution in [0.15, 0.2) is 59.8 Å². The SMILES string of the molecule is Cc1nnc(SCc2cccc(C(=O)N3CCCC3)c2)n1Cc1ccccc1. The van der Waals surface area contributed by atoms with E-state index in [4.69, 9.17) is 0 Å². The van der Waals surface area contributed by atoms with E-state index in [2.05, 4.69) is 33.0 Å². The maximum atomic E-state index is 12.6. The lowest BCUT2D eigenvalue weighted by Crippen LogP contribution is -2.27. The van der Waals surface area contributed by atoms with Crippen LogP contribution < -0.4 is 0 Å². The van der Waals surface area contributed by atoms with Crippen molar-refractivity contribution in [2.24, 2.45) is 0 Å². The average Bonchev–Trinajstić information content (AvgIpc) is 3.38. The van der Waals surface area contributed by atoms with Gasteiger partial charge in [0, 0.05) is 24.4 Å². The van der Waals surface area contributed by atoms with Crippen LogP contribution in [0.2, 0.25) is 0 Å². The topological polar surface area (TPSA) is 51.0 Å². The van der Waals surface area contributed by atoms with E-state index in [1.165, 1.54) is 5.56 Å². The second-order valence-corrected chi connectivity index (χ2v) is 8.03. The third-order valence-electron chi connectivity index (χ3n) is 5.02. The zero-order valence-electron chi connectivity index (χ0n) is 16.0. The van der Waals surface area contributed by atoms with Gasteiger partial charge in [-0.15, -0.1) is 10.2 Å². The van der Waals surface area contributed by atoms with Crippen LogP contribution in [0.4, 0.5) is 0 Å². The molecule has 0 unspecified atom stereocenters. The Bertz CT molecular complexity index is 948. The number of aromatic nitrogens is 3. The van der Waals surface area contributed by atoms with Gasteiger partial charge in [-0.25, -0.2) is 0 Å². The molecule has 144 valence electrons. The molecule has 28 heavy (non-hydrogen) atoms. The highest BCUT2D eigenvalue weighted by Crippen LogP contribution is 2.24. The number of hydrogen-bond acceptors (Lipinski definition) is 4. The predicted octanol–water partition coefficient (Wildman–Crippen LogP) is 4.16. The summed E-state index contributed by atoms with van der Waals surface area (Å²) in [5, 5.41) is 9.50. The van der Waals surface area contributed by atoms with Crippen LogP contribution in [0.3, 0.4) is 0 Å². The molecule has 1 aromatic heterocycles. The lowest BCUT2D eigenvalue weighted by atomic mass is 10.1. The largest absolute Gasteiger partial charge is 0.339 e. The van der Waals surface area contributed by atoms with Crippen LogP contribution in [-0.4, -0.2) is 38.7 Å². The van der Waals surface area contributed by atoms with Crippen molar-refractivity contribution in [3.63, 3.8) is 0 Å². The summed E-state index contributed by atoms with van der Waals surface area (Å²) in [6.07, 6.45) is 2.22. The maximum Gasteiger partial charge on any atom is 0.253 e. The Balaban J connectivity index is 1.45. The first-order chi connectivity index (χ1) is 13.7. The van der Waals surface area contributed by atoms with Crippen molar-refractivity contribution in [1.82, 2.24) is 19.7 Å². The van der Waals surface area contributed by atoms with Crippen LogP contribution >= 0.6 is 11.8 Å². The molecular weight excluding hydrogens is 368 g/mol. The monoisotopic (exact) mass is 392 g/mol. The van der Waals surface area contributed by atoms with Crippen LogP contribution in [0.1, 0.15) is 40.2 Å². The van der Waals surface area contributed by atoms with Crippen molar-refractivity contribution in [3.05, 3.63) is 77.1 Å². The maximum absolute atomic E-state index is 12.6. The van der Waals surface area contributed by atoms with Gasteiger partial charge in [0.1, 0.15) is 5.82 Å². The molecule has 1 amide bonds. The van der Waals surface area contributed by atoms with Gasteiger partial charge in [-0.3, -0.25) is 4.79 Å². The number of likely N-dealkylation sites (tertiary alicyclic amines) is 1. The third-order valence-corrected chi connectivity index (χ3v) is 6.06. The Morgan fingerprint density at radius 1 is 1.00 bits per heavy atom. The number of benzene rings is 2. The fourth-order valence-corrected chi connectivity index (χ4v) is 4.39. The quantitative estimate of drug-likeness (QED) is 0.591. The first-order valence-electron chi connectivity index (χ1n) is 9.65. The Morgan fingerprint density at radius 2 is 1.75 bits per heavy atom. The molecule has 0 spiro atoms. The van der Waals surface area contributed by atoms with Gasteiger partial charge in [-0.05, 0) is 43.0 Å². The standard InChI is InChI=1S/C22H24N4OS/c1-17-23-24-22(26(17)15-18-8-3-2-4-9-18)28-16-19-10-7-11-20(14-19)21(27)25-12-5-6-13-25/h2-4,7-11,14H,5-6,12-13,15-16H2,1H3. The van der Waals surface area contributed by atoms with Gasteiger partial charge in [0.2, 0.25) is 0 Å². The van der Waals surface area contributed by atoms with Crippen LogP contribution in [0.25, 0.3) is 0 Å². The number of rotatable bonds is 6. The van der Waals surface area contributed by atoms with E-state index < -0.39 is 0 Å². The minimum Gasteiger partial charge on any atom is -0.339 e. The van der Waals surface area contributed by atoms with E-state index in [9.17, 15) is 4.79 Å². The predicted molar refractivity (Wildman–Crippen MR) is 111 cm³/mol. The van der Waals surface area contributed by atoms with Crippen molar-refractivity contribution in [3.8, 4) is 0 Å². The Kier molecular flexibility index (Phi) is 5.76. The summed E-state index contributed by atoms with van der Waals surface area (Å²) in [7, 11) is 0. The second kappa shape index (κ2) is 8.61. The zero-order valence-corrected chi connectivity index (χ0v) is 16.9. The normalized spacial score (nSPS) is 13.8. The Morgan fingerprint density at radius 3 is 2.54 bits per heavy atom. The molecule has 0 aliphatic carbocycles. The fraction of sp³-hybridized carbons (Fsp3) is 0.318. The third kappa shape index (κ3) is 4.28. The van der Waals surface area contributed by atoms with Gasteiger partial charge in [0.25, 0.3) is 5.91 Å². The summed E-state index contributed by atoms with van der Waals surface area (Å²) < 4.78 is 2.14. The van der Waals surface area contributed by atoms with E-state index >= 15 is 0 Å². The van der Waals surface area contributed by atoms with Gasteiger partial charge in [-0.2, -0.15) is 0 Å². The average molecular weight is 393 g/mol. The fourth-order valence-electron chi connectivity index (χ4n) is 3.46. The van der Waals surface area contributed by atoms with E-state index in [-0.39, 0.29) is 5.91 Å². The molecule has 4 rings (SSSR count). The Labute approximate surface area is 169 Å². The van der Waals surface area contributed by atoms with Crippen LogP contribution in [0.5, 0.6) is 0 Å². The molecule has 1 fully saturated rings. The highest BCUT2D eigenvalue weighted by molar-refractivity contribution is 7.98. The summed E-state index contributed by atoms with van der Waals surface area (Å²) in [6.45, 7) is 4.49. The van der Waals surface area contributed by atoms with Gasteiger partial charge in [-0.1, -0.05) is 54.2 Å². The molecule has 2 aromatic carbocycles. The van der Waals surface area contributed by atoms with Crippen molar-refractivity contribution in [2.75, 3.05) is 13.1 Å². The molecule has 3 aromatic rings. The minimum absolute atomic E-state index is 0.146. The molecule has 5 nitrogen and oxygen atoms in total. The highest BCUT2D eigenvalue weighted by Gasteiger charge is 2.19. The van der Waals surface area contributed by atoms with E-state index in [1.54, 1.807) is 11.8 Å². The number of carbonyl (C=O) groups is 1. The van der Waals surface area contributed by atoms with E-state index in [1.807, 2.05) is 48.2 Å². The highest BCUT2D eigenvalue weighted by atomic mass is 32.2. The zero-order chi connectivity index (χ0) is 19.3. The summed E-state index contributed by atoms with van der Waals surface area (Å²) in [5.41, 5.74) is 3.13. The molecule has 2 heterocycles. The summed E-state index contributed by atoms with van der Waals surface area (Å²) in [5.74, 6) is 1.81. The molecule has 0 saturated carbocycles. The molecule has 0 atom stereocenters. The first-order valence-corrected chi connectivity index (χ1v) is 10.6. The molecule has 1 saturated heterocycles. The van der Waals surface area contributed by atoms with Gasteiger partial charge >= 0.3 is 0 Å².